The van der Waals surface area contributed by atoms with Crippen LogP contribution in [0.15, 0.2) is 28.7 Å². The topological polar surface area (TPSA) is 71.1 Å². The summed E-state index contributed by atoms with van der Waals surface area (Å²) in [6.45, 7) is 10.1. The summed E-state index contributed by atoms with van der Waals surface area (Å²) in [5.74, 6) is 0.715. The molecule has 1 saturated heterocycles. The molecule has 1 aliphatic heterocycles. The molecule has 1 aliphatic rings. The molecule has 2 amide bonds. The standard InChI is InChI=1S/C20H30BrN3O4/c1-20(2,3)28-19(26)24-12-10-23(11-13-24)9-8-22-18(25)7-14-27-17-6-4-5-16(21)15-17/h4-6,15H,7-14H2,1-3H3,(H,22,25). The Balaban J connectivity index is 1.56. The maximum absolute atomic E-state index is 12.1. The van der Waals surface area contributed by atoms with E-state index in [-0.39, 0.29) is 12.0 Å². The first-order valence-electron chi connectivity index (χ1n) is 9.58. The Morgan fingerprint density at radius 1 is 1.18 bits per heavy atom. The Morgan fingerprint density at radius 3 is 2.54 bits per heavy atom. The van der Waals surface area contributed by atoms with Crippen molar-refractivity contribution in [3.8, 4) is 5.75 Å². The minimum atomic E-state index is -0.473. The van der Waals surface area contributed by atoms with E-state index in [0.29, 0.717) is 32.7 Å². The van der Waals surface area contributed by atoms with Crippen LogP contribution in [0.4, 0.5) is 4.79 Å². The molecule has 0 unspecified atom stereocenters. The van der Waals surface area contributed by atoms with Gasteiger partial charge < -0.3 is 19.7 Å². The lowest BCUT2D eigenvalue weighted by atomic mass is 10.2. The third-order valence-corrected chi connectivity index (χ3v) is 4.66. The number of rotatable bonds is 7. The second-order valence-electron chi connectivity index (χ2n) is 7.71. The van der Waals surface area contributed by atoms with E-state index in [2.05, 4.69) is 26.1 Å². The van der Waals surface area contributed by atoms with Gasteiger partial charge in [-0.1, -0.05) is 22.0 Å². The van der Waals surface area contributed by atoms with E-state index < -0.39 is 5.60 Å². The van der Waals surface area contributed by atoms with Crippen LogP contribution < -0.4 is 10.1 Å². The Bertz CT molecular complexity index is 655. The highest BCUT2D eigenvalue weighted by molar-refractivity contribution is 9.10. The summed E-state index contributed by atoms with van der Waals surface area (Å²) in [5.41, 5.74) is -0.473. The molecule has 156 valence electrons. The summed E-state index contributed by atoms with van der Waals surface area (Å²) < 4.78 is 11.9. The van der Waals surface area contributed by atoms with Gasteiger partial charge in [-0.2, -0.15) is 0 Å². The highest BCUT2D eigenvalue weighted by Gasteiger charge is 2.25. The molecular weight excluding hydrogens is 426 g/mol. The predicted octanol–water partition coefficient (Wildman–Crippen LogP) is 2.89. The lowest BCUT2D eigenvalue weighted by Crippen LogP contribution is -2.51. The van der Waals surface area contributed by atoms with Crippen LogP contribution in [0, 0.1) is 0 Å². The van der Waals surface area contributed by atoms with E-state index in [9.17, 15) is 9.59 Å². The maximum atomic E-state index is 12.1. The molecule has 0 saturated carbocycles. The molecule has 7 nitrogen and oxygen atoms in total. The number of nitrogens with zero attached hydrogens (tertiary/aromatic N) is 2. The Morgan fingerprint density at radius 2 is 1.89 bits per heavy atom. The van der Waals surface area contributed by atoms with Gasteiger partial charge in [-0.15, -0.1) is 0 Å². The molecule has 1 aromatic carbocycles. The second-order valence-corrected chi connectivity index (χ2v) is 8.63. The van der Waals surface area contributed by atoms with Crippen molar-refractivity contribution in [1.82, 2.24) is 15.1 Å². The summed E-state index contributed by atoms with van der Waals surface area (Å²) in [7, 11) is 0. The minimum absolute atomic E-state index is 0.0256. The first-order chi connectivity index (χ1) is 13.2. The molecule has 0 bridgehead atoms. The van der Waals surface area contributed by atoms with E-state index in [0.717, 1.165) is 29.9 Å². The number of piperazine rings is 1. The molecule has 0 atom stereocenters. The maximum Gasteiger partial charge on any atom is 0.410 e. The number of hydrogen-bond donors (Lipinski definition) is 1. The summed E-state index contributed by atoms with van der Waals surface area (Å²) in [6, 6.07) is 7.55. The molecule has 1 fully saturated rings. The van der Waals surface area contributed by atoms with Crippen molar-refractivity contribution in [1.29, 1.82) is 0 Å². The summed E-state index contributed by atoms with van der Waals surface area (Å²) >= 11 is 3.39. The van der Waals surface area contributed by atoms with Crippen LogP contribution in [0.1, 0.15) is 27.2 Å². The van der Waals surface area contributed by atoms with Gasteiger partial charge in [-0.25, -0.2) is 4.79 Å². The van der Waals surface area contributed by atoms with Crippen molar-refractivity contribution in [2.24, 2.45) is 0 Å². The highest BCUT2D eigenvalue weighted by Crippen LogP contribution is 2.17. The van der Waals surface area contributed by atoms with E-state index in [1.807, 2.05) is 45.0 Å². The van der Waals surface area contributed by atoms with Crippen molar-refractivity contribution in [2.45, 2.75) is 32.8 Å². The average molecular weight is 456 g/mol. The van der Waals surface area contributed by atoms with Crippen molar-refractivity contribution in [3.63, 3.8) is 0 Å². The zero-order valence-electron chi connectivity index (χ0n) is 16.9. The molecule has 1 N–H and O–H groups in total. The van der Waals surface area contributed by atoms with Gasteiger partial charge in [0.25, 0.3) is 0 Å². The van der Waals surface area contributed by atoms with Gasteiger partial charge >= 0.3 is 6.09 Å². The zero-order valence-corrected chi connectivity index (χ0v) is 18.5. The molecule has 0 aromatic heterocycles. The molecule has 8 heteroatoms. The van der Waals surface area contributed by atoms with Gasteiger partial charge in [0.05, 0.1) is 13.0 Å². The average Bonchev–Trinajstić information content (AvgIpc) is 2.61. The van der Waals surface area contributed by atoms with Gasteiger partial charge in [0, 0.05) is 43.7 Å². The molecule has 2 rings (SSSR count). The largest absolute Gasteiger partial charge is 0.493 e. The van der Waals surface area contributed by atoms with Gasteiger partial charge in [0.15, 0.2) is 0 Å². The minimum Gasteiger partial charge on any atom is -0.493 e. The first kappa shape index (κ1) is 22.5. The summed E-state index contributed by atoms with van der Waals surface area (Å²) in [6.07, 6.45) is 0.0600. The van der Waals surface area contributed by atoms with Gasteiger partial charge in [0.1, 0.15) is 11.4 Å². The number of carbonyl (C=O) groups is 2. The number of amides is 2. The molecule has 0 radical (unpaired) electrons. The number of halogens is 1. The predicted molar refractivity (Wildman–Crippen MR) is 112 cm³/mol. The fourth-order valence-electron chi connectivity index (χ4n) is 2.74. The molecular formula is C20H30BrN3O4. The van der Waals surface area contributed by atoms with Crippen LogP contribution in [0.2, 0.25) is 0 Å². The first-order valence-corrected chi connectivity index (χ1v) is 10.4. The van der Waals surface area contributed by atoms with Crippen molar-refractivity contribution in [3.05, 3.63) is 28.7 Å². The van der Waals surface area contributed by atoms with Crippen LogP contribution in [0.5, 0.6) is 5.75 Å². The Labute approximate surface area is 175 Å². The van der Waals surface area contributed by atoms with E-state index in [1.165, 1.54) is 0 Å². The van der Waals surface area contributed by atoms with Crippen molar-refractivity contribution in [2.75, 3.05) is 45.9 Å². The second kappa shape index (κ2) is 10.7. The third-order valence-electron chi connectivity index (χ3n) is 4.17. The van der Waals surface area contributed by atoms with E-state index >= 15 is 0 Å². The van der Waals surface area contributed by atoms with Gasteiger partial charge in [0.2, 0.25) is 5.91 Å². The fourth-order valence-corrected chi connectivity index (χ4v) is 3.12. The van der Waals surface area contributed by atoms with Crippen LogP contribution in [-0.4, -0.2) is 73.3 Å². The Hall–Kier alpha value is -1.80. The number of ether oxygens (including phenoxy) is 2. The van der Waals surface area contributed by atoms with Gasteiger partial charge in [-0.05, 0) is 39.0 Å². The van der Waals surface area contributed by atoms with Crippen molar-refractivity contribution < 1.29 is 19.1 Å². The monoisotopic (exact) mass is 455 g/mol. The molecule has 0 spiro atoms. The van der Waals surface area contributed by atoms with Gasteiger partial charge in [-0.3, -0.25) is 9.69 Å². The molecule has 0 aliphatic carbocycles. The van der Waals surface area contributed by atoms with E-state index in [1.54, 1.807) is 4.90 Å². The lowest BCUT2D eigenvalue weighted by Gasteiger charge is -2.35. The molecule has 1 heterocycles. The number of benzene rings is 1. The number of nitrogens with one attached hydrogen (secondary N) is 1. The van der Waals surface area contributed by atoms with Crippen LogP contribution in [0.3, 0.4) is 0 Å². The number of hydrogen-bond acceptors (Lipinski definition) is 5. The molecule has 1 aromatic rings. The normalized spacial score (nSPS) is 15.2. The summed E-state index contributed by atoms with van der Waals surface area (Å²) in [5, 5.41) is 2.92. The van der Waals surface area contributed by atoms with Crippen LogP contribution >= 0.6 is 15.9 Å². The zero-order chi connectivity index (χ0) is 20.6. The van der Waals surface area contributed by atoms with Crippen LogP contribution in [0.25, 0.3) is 0 Å². The number of carbonyl (C=O) groups excluding carboxylic acids is 2. The molecule has 28 heavy (non-hydrogen) atoms. The highest BCUT2D eigenvalue weighted by atomic mass is 79.9. The van der Waals surface area contributed by atoms with Crippen molar-refractivity contribution >= 4 is 27.9 Å². The SMILES string of the molecule is CC(C)(C)OC(=O)N1CCN(CCNC(=O)CCOc2cccc(Br)c2)CC1. The third kappa shape index (κ3) is 8.48. The quantitative estimate of drug-likeness (QED) is 0.684. The summed E-state index contributed by atoms with van der Waals surface area (Å²) in [4.78, 5) is 28.0. The lowest BCUT2D eigenvalue weighted by molar-refractivity contribution is -0.121. The van der Waals surface area contributed by atoms with Crippen LogP contribution in [-0.2, 0) is 9.53 Å². The van der Waals surface area contributed by atoms with E-state index in [4.69, 9.17) is 9.47 Å². The smallest absolute Gasteiger partial charge is 0.410 e. The fraction of sp³-hybridized carbons (Fsp3) is 0.600. The Kier molecular flexibility index (Phi) is 8.57.